The fourth-order valence-electron chi connectivity index (χ4n) is 3.68. The van der Waals surface area contributed by atoms with Crippen LogP contribution in [0.4, 0.5) is 20.6 Å². The zero-order valence-electron chi connectivity index (χ0n) is 18.5. The van der Waals surface area contributed by atoms with Crippen LogP contribution in [0.25, 0.3) is 0 Å². The molecule has 3 rings (SSSR count). The highest BCUT2D eigenvalue weighted by molar-refractivity contribution is 6.17. The number of β-amino-alcohol motifs (C(OH)–C–C–N with tert-alkyl or cyclic N) is 1. The Bertz CT molecular complexity index is 919. The second-order valence-electron chi connectivity index (χ2n) is 8.74. The zero-order chi connectivity index (χ0) is 23.5. The van der Waals surface area contributed by atoms with E-state index in [4.69, 9.17) is 9.84 Å². The molecule has 0 spiro atoms. The molecule has 3 amide bonds. The van der Waals surface area contributed by atoms with Gasteiger partial charge in [0.2, 0.25) is 0 Å². The molecule has 1 aromatic rings. The first-order chi connectivity index (χ1) is 15.1. The van der Waals surface area contributed by atoms with Crippen molar-refractivity contribution in [3.05, 3.63) is 35.8 Å². The number of imide groups is 1. The summed E-state index contributed by atoms with van der Waals surface area (Å²) in [5.41, 5.74) is 0.0380. The van der Waals surface area contributed by atoms with Crippen molar-refractivity contribution in [3.63, 3.8) is 0 Å². The Morgan fingerprint density at radius 1 is 1.25 bits per heavy atom. The smallest absolute Gasteiger partial charge is 0.407 e. The highest BCUT2D eigenvalue weighted by Gasteiger charge is 2.32. The van der Waals surface area contributed by atoms with Gasteiger partial charge >= 0.3 is 6.09 Å². The van der Waals surface area contributed by atoms with Gasteiger partial charge in [0.15, 0.2) is 0 Å². The number of para-hydroxylation sites is 1. The molecule has 1 saturated heterocycles. The van der Waals surface area contributed by atoms with Crippen LogP contribution in [-0.2, 0) is 14.3 Å². The van der Waals surface area contributed by atoms with Crippen LogP contribution in [0, 0.1) is 5.82 Å². The Balaban J connectivity index is 1.67. The average molecular weight is 448 g/mol. The van der Waals surface area contributed by atoms with Crippen molar-refractivity contribution in [1.29, 1.82) is 0 Å². The number of nitrogens with one attached hydrogen (secondary N) is 2. The highest BCUT2D eigenvalue weighted by Crippen LogP contribution is 2.33. The van der Waals surface area contributed by atoms with Gasteiger partial charge in [-0.3, -0.25) is 14.5 Å². The molecule has 2 aliphatic heterocycles. The molecule has 0 atom stereocenters. The van der Waals surface area contributed by atoms with E-state index >= 15 is 0 Å². The third kappa shape index (κ3) is 5.56. The number of halogens is 1. The van der Waals surface area contributed by atoms with Gasteiger partial charge in [-0.1, -0.05) is 6.07 Å². The van der Waals surface area contributed by atoms with Gasteiger partial charge in [0.05, 0.1) is 24.5 Å². The minimum atomic E-state index is -0.612. The van der Waals surface area contributed by atoms with Crippen molar-refractivity contribution >= 4 is 29.3 Å². The molecule has 1 aromatic carbocycles. The molecular formula is C22H29FN4O5. The average Bonchev–Trinajstić information content (AvgIpc) is 2.96. The van der Waals surface area contributed by atoms with Gasteiger partial charge in [0, 0.05) is 25.2 Å². The molecule has 9 nitrogen and oxygen atoms in total. The zero-order valence-corrected chi connectivity index (χ0v) is 18.5. The first kappa shape index (κ1) is 23.5. The summed E-state index contributed by atoms with van der Waals surface area (Å²) in [6.07, 6.45) is 1.91. The van der Waals surface area contributed by atoms with E-state index in [0.717, 1.165) is 11.0 Å². The third-order valence-corrected chi connectivity index (χ3v) is 5.14. The second kappa shape index (κ2) is 9.56. The number of rotatable bonds is 6. The van der Waals surface area contributed by atoms with Crippen molar-refractivity contribution in [1.82, 2.24) is 10.2 Å². The predicted molar refractivity (Wildman–Crippen MR) is 117 cm³/mol. The summed E-state index contributed by atoms with van der Waals surface area (Å²) in [5.74, 6) is -1.73. The van der Waals surface area contributed by atoms with E-state index in [1.165, 1.54) is 6.07 Å². The maximum Gasteiger partial charge on any atom is 0.407 e. The molecule has 0 aliphatic carbocycles. The fourth-order valence-corrected chi connectivity index (χ4v) is 3.68. The van der Waals surface area contributed by atoms with Gasteiger partial charge in [-0.05, 0) is 45.7 Å². The molecule has 0 unspecified atom stereocenters. The second-order valence-corrected chi connectivity index (χ2v) is 8.74. The topological polar surface area (TPSA) is 111 Å². The third-order valence-electron chi connectivity index (χ3n) is 5.14. The normalized spacial score (nSPS) is 17.5. The largest absolute Gasteiger partial charge is 0.444 e. The Morgan fingerprint density at radius 3 is 2.56 bits per heavy atom. The Labute approximate surface area is 186 Å². The van der Waals surface area contributed by atoms with Gasteiger partial charge < -0.3 is 25.4 Å². The molecule has 10 heteroatoms. The number of anilines is 2. The first-order valence-electron chi connectivity index (χ1n) is 10.6. The molecule has 0 bridgehead atoms. The summed E-state index contributed by atoms with van der Waals surface area (Å²) in [6, 6.07) is 4.53. The number of aliphatic hydroxyl groups excluding tert-OH is 1. The predicted octanol–water partition coefficient (Wildman–Crippen LogP) is 1.98. The number of piperidine rings is 1. The van der Waals surface area contributed by atoms with E-state index in [2.05, 4.69) is 10.6 Å². The number of alkyl carbamates (subject to hydrolysis) is 1. The van der Waals surface area contributed by atoms with Gasteiger partial charge in [-0.25, -0.2) is 9.18 Å². The van der Waals surface area contributed by atoms with E-state index in [1.807, 2.05) is 4.90 Å². The van der Waals surface area contributed by atoms with E-state index in [9.17, 15) is 18.8 Å². The number of hydrogen-bond acceptors (Lipinski definition) is 7. The lowest BCUT2D eigenvalue weighted by Gasteiger charge is -2.35. The minimum Gasteiger partial charge on any atom is -0.444 e. The number of ether oxygens (including phenoxy) is 1. The van der Waals surface area contributed by atoms with E-state index in [0.29, 0.717) is 31.6 Å². The minimum absolute atomic E-state index is 0.0451. The van der Waals surface area contributed by atoms with Gasteiger partial charge in [0.25, 0.3) is 11.8 Å². The lowest BCUT2D eigenvalue weighted by atomic mass is 10.0. The quantitative estimate of drug-likeness (QED) is 0.571. The summed E-state index contributed by atoms with van der Waals surface area (Å²) in [6.45, 7) is 6.04. The SMILES string of the molecule is CC(C)(C)OC(=O)NC1CCN(c2cccc(F)c2NC2=CC(=O)N(CCO)C2=O)CC1. The summed E-state index contributed by atoms with van der Waals surface area (Å²) in [4.78, 5) is 39.3. The number of amides is 3. The number of carbonyl (C=O) groups is 3. The molecular weight excluding hydrogens is 419 g/mol. The van der Waals surface area contributed by atoms with E-state index < -0.39 is 29.3 Å². The summed E-state index contributed by atoms with van der Waals surface area (Å²) in [5, 5.41) is 14.7. The standard InChI is InChI=1S/C22H29FN4O5/c1-22(2,3)32-21(31)24-14-7-9-26(10-8-14)17-6-4-5-15(23)19(17)25-16-13-18(29)27(11-12-28)20(16)30/h4-6,13-14,25,28H,7-12H2,1-3H3,(H,24,31). The first-order valence-corrected chi connectivity index (χ1v) is 10.6. The maximum absolute atomic E-state index is 14.7. The van der Waals surface area contributed by atoms with Crippen molar-refractivity contribution in [2.75, 3.05) is 36.5 Å². The van der Waals surface area contributed by atoms with E-state index in [1.54, 1.807) is 32.9 Å². The van der Waals surface area contributed by atoms with Crippen LogP contribution < -0.4 is 15.5 Å². The van der Waals surface area contributed by atoms with E-state index in [-0.39, 0.29) is 30.6 Å². The van der Waals surface area contributed by atoms with Crippen molar-refractivity contribution in [3.8, 4) is 0 Å². The Hall–Kier alpha value is -3.14. The summed E-state index contributed by atoms with van der Waals surface area (Å²) in [7, 11) is 0. The van der Waals surface area contributed by atoms with Crippen LogP contribution in [0.15, 0.2) is 30.0 Å². The number of aliphatic hydroxyl groups is 1. The van der Waals surface area contributed by atoms with Crippen molar-refractivity contribution in [2.45, 2.75) is 45.3 Å². The highest BCUT2D eigenvalue weighted by atomic mass is 19.1. The molecule has 174 valence electrons. The molecule has 32 heavy (non-hydrogen) atoms. The summed E-state index contributed by atoms with van der Waals surface area (Å²) < 4.78 is 20.0. The number of hydrogen-bond donors (Lipinski definition) is 3. The van der Waals surface area contributed by atoms with Gasteiger partial charge in [-0.2, -0.15) is 0 Å². The lowest BCUT2D eigenvalue weighted by molar-refractivity contribution is -0.137. The maximum atomic E-state index is 14.7. The Morgan fingerprint density at radius 2 is 1.94 bits per heavy atom. The van der Waals surface area contributed by atoms with Crippen LogP contribution in [0.5, 0.6) is 0 Å². The lowest BCUT2D eigenvalue weighted by Crippen LogP contribution is -2.46. The van der Waals surface area contributed by atoms with Gasteiger partial charge in [-0.15, -0.1) is 0 Å². The number of benzene rings is 1. The number of carbonyl (C=O) groups excluding carboxylic acids is 3. The van der Waals surface area contributed by atoms with Crippen LogP contribution in [0.2, 0.25) is 0 Å². The van der Waals surface area contributed by atoms with Crippen molar-refractivity contribution in [2.24, 2.45) is 0 Å². The van der Waals surface area contributed by atoms with Crippen LogP contribution in [0.1, 0.15) is 33.6 Å². The molecule has 1 fully saturated rings. The molecule has 2 aliphatic rings. The Kier molecular flexibility index (Phi) is 7.02. The fraction of sp³-hybridized carbons (Fsp3) is 0.500. The molecule has 3 N–H and O–H groups in total. The van der Waals surface area contributed by atoms with Crippen molar-refractivity contribution < 1.29 is 28.6 Å². The molecule has 0 saturated carbocycles. The summed E-state index contributed by atoms with van der Waals surface area (Å²) >= 11 is 0. The molecule has 2 heterocycles. The molecule has 0 aromatic heterocycles. The van der Waals surface area contributed by atoms with Crippen LogP contribution in [-0.4, -0.2) is 65.8 Å². The monoisotopic (exact) mass is 448 g/mol. The number of nitrogens with zero attached hydrogens (tertiary/aromatic N) is 2. The van der Waals surface area contributed by atoms with Crippen LogP contribution >= 0.6 is 0 Å². The molecule has 0 radical (unpaired) electrons. The van der Waals surface area contributed by atoms with Gasteiger partial charge in [0.1, 0.15) is 17.1 Å². The van der Waals surface area contributed by atoms with Crippen LogP contribution in [0.3, 0.4) is 0 Å².